The van der Waals surface area contributed by atoms with E-state index in [2.05, 4.69) is 10.6 Å². The van der Waals surface area contributed by atoms with Gasteiger partial charge in [0, 0.05) is 12.0 Å². The lowest BCUT2D eigenvalue weighted by Crippen LogP contribution is -2.48. The number of nitro benzene ring substituents is 1. The average molecular weight is 274 g/mol. The Hall–Kier alpha value is -2.46. The number of benzene rings is 1. The summed E-state index contributed by atoms with van der Waals surface area (Å²) in [5.74, 6) is -0.205. The smallest absolute Gasteiger partial charge is 0.294 e. The van der Waals surface area contributed by atoms with Crippen molar-refractivity contribution in [1.82, 2.24) is 5.32 Å². The Bertz CT molecular complexity index is 590. The Morgan fingerprint density at radius 1 is 1.60 bits per heavy atom. The third kappa shape index (κ3) is 2.75. The summed E-state index contributed by atoms with van der Waals surface area (Å²) in [6, 6.07) is 5.83. The van der Waals surface area contributed by atoms with Gasteiger partial charge in [0.1, 0.15) is 5.69 Å². The number of hydrogen-bond acceptors (Lipinski definition) is 5. The highest BCUT2D eigenvalue weighted by Crippen LogP contribution is 2.27. The molecule has 1 unspecified atom stereocenters. The molecular formula is C13H14N4O3. The second-order valence-corrected chi connectivity index (χ2v) is 4.80. The summed E-state index contributed by atoms with van der Waals surface area (Å²) < 4.78 is 0. The van der Waals surface area contributed by atoms with Crippen molar-refractivity contribution in [1.29, 1.82) is 5.26 Å². The van der Waals surface area contributed by atoms with E-state index in [4.69, 9.17) is 5.26 Å². The zero-order valence-electron chi connectivity index (χ0n) is 10.9. The molecule has 1 atom stereocenters. The maximum atomic E-state index is 12.0. The van der Waals surface area contributed by atoms with Crippen molar-refractivity contribution >= 4 is 17.3 Å². The van der Waals surface area contributed by atoms with Crippen molar-refractivity contribution in [2.45, 2.75) is 6.92 Å². The first-order valence-corrected chi connectivity index (χ1v) is 6.23. The quantitative estimate of drug-likeness (QED) is 0.634. The molecule has 1 fully saturated rings. The molecular weight excluding hydrogens is 260 g/mol. The molecule has 0 radical (unpaired) electrons. The fraction of sp³-hybridized carbons (Fsp3) is 0.385. The number of carbonyl (C=O) groups excluding carboxylic acids is 1. The molecule has 20 heavy (non-hydrogen) atoms. The first kappa shape index (κ1) is 14.0. The minimum Gasteiger partial charge on any atom is -0.320 e. The maximum absolute atomic E-state index is 12.0. The summed E-state index contributed by atoms with van der Waals surface area (Å²) in [6.45, 7) is 3.37. The van der Waals surface area contributed by atoms with Gasteiger partial charge in [0.15, 0.2) is 0 Å². The Balaban J connectivity index is 2.18. The van der Waals surface area contributed by atoms with E-state index in [1.807, 2.05) is 6.07 Å². The van der Waals surface area contributed by atoms with Crippen LogP contribution in [0.15, 0.2) is 18.2 Å². The van der Waals surface area contributed by atoms with Gasteiger partial charge in [-0.2, -0.15) is 5.26 Å². The number of anilines is 1. The number of nitrogens with zero attached hydrogens (tertiary/aromatic N) is 2. The first-order chi connectivity index (χ1) is 9.52. The Morgan fingerprint density at radius 3 is 2.80 bits per heavy atom. The molecule has 7 nitrogen and oxygen atoms in total. The van der Waals surface area contributed by atoms with Gasteiger partial charge in [-0.3, -0.25) is 14.9 Å². The molecule has 1 aliphatic rings. The molecule has 0 aliphatic carbocycles. The van der Waals surface area contributed by atoms with Gasteiger partial charge in [-0.05, 0) is 31.1 Å². The number of nitriles is 1. The van der Waals surface area contributed by atoms with Gasteiger partial charge in [-0.1, -0.05) is 6.92 Å². The summed E-state index contributed by atoms with van der Waals surface area (Å²) in [6.07, 6.45) is 0. The first-order valence-electron chi connectivity index (χ1n) is 6.23. The van der Waals surface area contributed by atoms with Crippen LogP contribution in [0, 0.1) is 33.3 Å². The lowest BCUT2D eigenvalue weighted by Gasteiger charge is -2.31. The van der Waals surface area contributed by atoms with Gasteiger partial charge in [0.05, 0.1) is 16.6 Å². The highest BCUT2D eigenvalue weighted by Gasteiger charge is 2.29. The van der Waals surface area contributed by atoms with Crippen LogP contribution in [0.1, 0.15) is 12.5 Å². The second-order valence-electron chi connectivity index (χ2n) is 4.80. The van der Waals surface area contributed by atoms with Crippen LogP contribution in [0.5, 0.6) is 0 Å². The van der Waals surface area contributed by atoms with Crippen LogP contribution in [-0.4, -0.2) is 23.9 Å². The summed E-state index contributed by atoms with van der Waals surface area (Å²) in [5.41, 5.74) is 0.0420. The van der Waals surface area contributed by atoms with Gasteiger partial charge in [-0.15, -0.1) is 0 Å². The normalized spacial score (nSPS) is 15.8. The van der Waals surface area contributed by atoms with Crippen LogP contribution in [0.3, 0.4) is 0 Å². The molecule has 2 N–H and O–H groups in total. The van der Waals surface area contributed by atoms with Crippen molar-refractivity contribution < 1.29 is 9.72 Å². The molecule has 2 rings (SSSR count). The maximum Gasteiger partial charge on any atom is 0.294 e. The van der Waals surface area contributed by atoms with Gasteiger partial charge in [0.25, 0.3) is 5.69 Å². The molecule has 0 saturated carbocycles. The average Bonchev–Trinajstić information content (AvgIpc) is 2.36. The van der Waals surface area contributed by atoms with Crippen LogP contribution in [0.4, 0.5) is 11.4 Å². The van der Waals surface area contributed by atoms with Crippen LogP contribution < -0.4 is 10.6 Å². The van der Waals surface area contributed by atoms with Gasteiger partial charge in [-0.25, -0.2) is 0 Å². The van der Waals surface area contributed by atoms with Crippen LogP contribution in [0.2, 0.25) is 0 Å². The third-order valence-corrected chi connectivity index (χ3v) is 3.52. The van der Waals surface area contributed by atoms with Crippen molar-refractivity contribution in [3.05, 3.63) is 33.9 Å². The summed E-state index contributed by atoms with van der Waals surface area (Å²) in [5, 5.41) is 25.4. The molecule has 1 heterocycles. The standard InChI is InChI=1S/C13H14N4O3/c1-8(10-6-15-7-10)13(18)16-11-3-2-9(5-14)4-12(11)17(19)20/h2-4,8,10,15H,6-7H2,1H3,(H,16,18). The monoisotopic (exact) mass is 274 g/mol. The second kappa shape index (κ2) is 5.67. The molecule has 0 spiro atoms. The van der Waals surface area contributed by atoms with E-state index < -0.39 is 4.92 Å². The van der Waals surface area contributed by atoms with Gasteiger partial charge >= 0.3 is 0 Å². The highest BCUT2D eigenvalue weighted by atomic mass is 16.6. The zero-order valence-corrected chi connectivity index (χ0v) is 10.9. The van der Waals surface area contributed by atoms with Crippen molar-refractivity contribution in [2.75, 3.05) is 18.4 Å². The number of carbonyl (C=O) groups is 1. The van der Waals surface area contributed by atoms with E-state index in [0.717, 1.165) is 19.2 Å². The molecule has 1 aliphatic heterocycles. The highest BCUT2D eigenvalue weighted by molar-refractivity contribution is 5.94. The van der Waals surface area contributed by atoms with Crippen molar-refractivity contribution in [2.24, 2.45) is 11.8 Å². The van der Waals surface area contributed by atoms with Gasteiger partial charge < -0.3 is 10.6 Å². The van der Waals surface area contributed by atoms with Crippen molar-refractivity contribution in [3.8, 4) is 6.07 Å². The van der Waals surface area contributed by atoms with E-state index >= 15 is 0 Å². The van der Waals surface area contributed by atoms with Crippen LogP contribution in [-0.2, 0) is 4.79 Å². The fourth-order valence-corrected chi connectivity index (χ4v) is 1.98. The Kier molecular flexibility index (Phi) is 3.96. The third-order valence-electron chi connectivity index (χ3n) is 3.52. The topological polar surface area (TPSA) is 108 Å². The molecule has 104 valence electrons. The number of rotatable bonds is 4. The molecule has 1 aromatic carbocycles. The Morgan fingerprint density at radius 2 is 2.30 bits per heavy atom. The van der Waals surface area contributed by atoms with E-state index in [0.29, 0.717) is 0 Å². The number of hydrogen-bond donors (Lipinski definition) is 2. The fourth-order valence-electron chi connectivity index (χ4n) is 1.98. The summed E-state index contributed by atoms with van der Waals surface area (Å²) >= 11 is 0. The van der Waals surface area contributed by atoms with Crippen molar-refractivity contribution in [3.63, 3.8) is 0 Å². The Labute approximate surface area is 115 Å². The molecule has 1 amide bonds. The predicted molar refractivity (Wildman–Crippen MR) is 72.0 cm³/mol. The van der Waals surface area contributed by atoms with E-state index in [1.165, 1.54) is 12.1 Å². The lowest BCUT2D eigenvalue weighted by atomic mass is 9.88. The molecule has 1 saturated heterocycles. The van der Waals surface area contributed by atoms with Crippen LogP contribution in [0.25, 0.3) is 0 Å². The van der Waals surface area contributed by atoms with Crippen LogP contribution >= 0.6 is 0 Å². The number of amides is 1. The van der Waals surface area contributed by atoms with Gasteiger partial charge in [0.2, 0.25) is 5.91 Å². The molecule has 0 aromatic heterocycles. The molecule has 0 bridgehead atoms. The largest absolute Gasteiger partial charge is 0.320 e. The summed E-state index contributed by atoms with van der Waals surface area (Å²) in [4.78, 5) is 22.4. The number of nitrogens with one attached hydrogen (secondary N) is 2. The van der Waals surface area contributed by atoms with E-state index in [-0.39, 0.29) is 34.7 Å². The lowest BCUT2D eigenvalue weighted by molar-refractivity contribution is -0.384. The van der Waals surface area contributed by atoms with E-state index in [9.17, 15) is 14.9 Å². The molecule has 7 heteroatoms. The molecule has 1 aromatic rings. The minimum atomic E-state index is -0.605. The predicted octanol–water partition coefficient (Wildman–Crippen LogP) is 1.26. The SMILES string of the molecule is CC(C(=O)Nc1ccc(C#N)cc1[N+](=O)[O-])C1CNC1. The van der Waals surface area contributed by atoms with E-state index in [1.54, 1.807) is 6.92 Å². The summed E-state index contributed by atoms with van der Waals surface area (Å²) in [7, 11) is 0. The minimum absolute atomic E-state index is 0.123. The zero-order chi connectivity index (χ0) is 14.7. The number of nitro groups is 1.